The van der Waals surface area contributed by atoms with E-state index in [9.17, 15) is 0 Å². The molecule has 0 spiro atoms. The van der Waals surface area contributed by atoms with Crippen molar-refractivity contribution >= 4 is 0 Å². The summed E-state index contributed by atoms with van der Waals surface area (Å²) < 4.78 is 0.716. The Kier molecular flexibility index (Phi) is 3.09. The first-order chi connectivity index (χ1) is 6.14. The molecule has 0 heterocycles. The minimum absolute atomic E-state index is 0.716. The summed E-state index contributed by atoms with van der Waals surface area (Å²) in [6.07, 6.45) is 1.73. The van der Waals surface area contributed by atoms with E-state index in [-0.39, 0.29) is 0 Å². The normalized spacial score (nSPS) is 10.9. The molecule has 0 fully saturated rings. The molecule has 0 saturated carbocycles. The van der Waals surface area contributed by atoms with Gasteiger partial charge in [-0.2, -0.15) is 0 Å². The number of nitrogens with one attached hydrogen (secondary N) is 1. The Morgan fingerprint density at radius 1 is 1.31 bits per heavy atom. The van der Waals surface area contributed by atoms with Gasteiger partial charge < -0.3 is 0 Å². The Morgan fingerprint density at radius 2 is 1.92 bits per heavy atom. The minimum Gasteiger partial charge on any atom is -0.245 e. The van der Waals surface area contributed by atoms with Crippen molar-refractivity contribution in [3.05, 3.63) is 48.7 Å². The maximum Gasteiger partial charge on any atom is 0.126 e. The summed E-state index contributed by atoms with van der Waals surface area (Å²) in [4.78, 5) is 0. The largest absolute Gasteiger partial charge is 0.245 e. The van der Waals surface area contributed by atoms with Crippen LogP contribution in [0.5, 0.6) is 0 Å². The lowest BCUT2D eigenvalue weighted by molar-refractivity contribution is -0.941. The lowest BCUT2D eigenvalue weighted by Crippen LogP contribution is -2.47. The van der Waals surface area contributed by atoms with Crippen molar-refractivity contribution in [1.29, 1.82) is 0 Å². The lowest BCUT2D eigenvalue weighted by atomic mass is 10.2. The highest BCUT2D eigenvalue weighted by molar-refractivity contribution is 5.13. The van der Waals surface area contributed by atoms with Crippen molar-refractivity contribution in [3.8, 4) is 0 Å². The summed E-state index contributed by atoms with van der Waals surface area (Å²) in [5.74, 6) is 0. The molecule has 0 aromatic heterocycles. The predicted octanol–water partition coefficient (Wildman–Crippen LogP) is 1.91. The third-order valence-corrected chi connectivity index (χ3v) is 1.86. The van der Waals surface area contributed by atoms with E-state index in [1.165, 1.54) is 5.56 Å². The number of hydrogen-bond donors (Lipinski definition) is 1. The van der Waals surface area contributed by atoms with Crippen LogP contribution in [0.2, 0.25) is 0 Å². The molecule has 0 amide bonds. The molecule has 1 aromatic carbocycles. The zero-order valence-corrected chi connectivity index (χ0v) is 8.33. The first-order valence-corrected chi connectivity index (χ1v) is 4.40. The maximum absolute atomic E-state index is 3.66. The molecular weight excluding hydrogens is 160 g/mol. The Labute approximate surface area is 80.1 Å². The number of hydrogen-bond acceptors (Lipinski definition) is 1. The van der Waals surface area contributed by atoms with Gasteiger partial charge in [0.05, 0.1) is 14.1 Å². The van der Waals surface area contributed by atoms with E-state index in [0.717, 1.165) is 6.54 Å². The summed E-state index contributed by atoms with van der Waals surface area (Å²) in [5.41, 5.74) is 4.49. The van der Waals surface area contributed by atoms with Gasteiger partial charge in [0.15, 0.2) is 0 Å². The fraction of sp³-hybridized carbons (Fsp3) is 0.273. The van der Waals surface area contributed by atoms with Crippen molar-refractivity contribution in [1.82, 2.24) is 5.43 Å². The average Bonchev–Trinajstić information content (AvgIpc) is 2.04. The Bertz CT molecular complexity index is 265. The number of nitrogens with zero attached hydrogens (tertiary/aromatic N) is 1. The van der Waals surface area contributed by atoms with Gasteiger partial charge in [0, 0.05) is 11.8 Å². The Hall–Kier alpha value is -1.28. The van der Waals surface area contributed by atoms with E-state index in [4.69, 9.17) is 0 Å². The molecule has 2 heteroatoms. The van der Waals surface area contributed by atoms with E-state index in [2.05, 4.69) is 50.4 Å². The first kappa shape index (κ1) is 9.81. The monoisotopic (exact) mass is 177 g/mol. The van der Waals surface area contributed by atoms with Crippen LogP contribution in [0.25, 0.3) is 0 Å². The quantitative estimate of drug-likeness (QED) is 0.547. The van der Waals surface area contributed by atoms with E-state index >= 15 is 0 Å². The van der Waals surface area contributed by atoms with Gasteiger partial charge in [-0.3, -0.25) is 0 Å². The molecule has 0 aliphatic heterocycles. The lowest BCUT2D eigenvalue weighted by Gasteiger charge is -2.28. The molecule has 1 rings (SSSR count). The molecule has 0 aliphatic rings. The maximum atomic E-state index is 3.66. The van der Waals surface area contributed by atoms with Gasteiger partial charge in [0.1, 0.15) is 6.54 Å². The SMILES string of the molecule is C=CN[N+](C)(C)Cc1ccccc1. The smallest absolute Gasteiger partial charge is 0.126 e. The molecule has 0 unspecified atom stereocenters. The molecule has 0 radical (unpaired) electrons. The molecule has 0 saturated heterocycles. The van der Waals surface area contributed by atoms with Crippen LogP contribution in [0.3, 0.4) is 0 Å². The molecule has 0 aliphatic carbocycles. The van der Waals surface area contributed by atoms with Crippen LogP contribution < -0.4 is 5.43 Å². The van der Waals surface area contributed by atoms with Gasteiger partial charge in [-0.15, -0.1) is 0 Å². The van der Waals surface area contributed by atoms with E-state index < -0.39 is 0 Å². The second kappa shape index (κ2) is 4.10. The molecule has 1 N–H and O–H groups in total. The fourth-order valence-corrected chi connectivity index (χ4v) is 1.33. The Balaban J connectivity index is 2.63. The predicted molar refractivity (Wildman–Crippen MR) is 55.6 cm³/mol. The zero-order chi connectivity index (χ0) is 9.73. The molecule has 0 atom stereocenters. The van der Waals surface area contributed by atoms with E-state index in [1.807, 2.05) is 6.07 Å². The molecule has 13 heavy (non-hydrogen) atoms. The third-order valence-electron chi connectivity index (χ3n) is 1.86. The van der Waals surface area contributed by atoms with Crippen molar-refractivity contribution in [2.24, 2.45) is 0 Å². The minimum atomic E-state index is 0.716. The summed E-state index contributed by atoms with van der Waals surface area (Å²) in [6.45, 7) is 4.61. The van der Waals surface area contributed by atoms with Crippen molar-refractivity contribution in [3.63, 3.8) is 0 Å². The van der Waals surface area contributed by atoms with Crippen LogP contribution in [0.15, 0.2) is 43.1 Å². The van der Waals surface area contributed by atoms with E-state index in [0.29, 0.717) is 4.59 Å². The van der Waals surface area contributed by atoms with Crippen molar-refractivity contribution in [2.75, 3.05) is 14.1 Å². The van der Waals surface area contributed by atoms with Gasteiger partial charge >= 0.3 is 0 Å². The summed E-state index contributed by atoms with van der Waals surface area (Å²) in [6, 6.07) is 10.4. The van der Waals surface area contributed by atoms with Gasteiger partial charge in [0.2, 0.25) is 0 Å². The van der Waals surface area contributed by atoms with Gasteiger partial charge in [-0.25, -0.2) is 10.0 Å². The Morgan fingerprint density at radius 3 is 2.46 bits per heavy atom. The summed E-state index contributed by atoms with van der Waals surface area (Å²) >= 11 is 0. The van der Waals surface area contributed by atoms with Crippen molar-refractivity contribution < 1.29 is 4.59 Å². The standard InChI is InChI=1S/C11H17N2/c1-4-12-13(2,3)10-11-8-6-5-7-9-11/h4-9,12H,1,10H2,2-3H3/q+1. The van der Waals surface area contributed by atoms with Gasteiger partial charge in [0.25, 0.3) is 0 Å². The van der Waals surface area contributed by atoms with E-state index in [1.54, 1.807) is 6.20 Å². The molecule has 0 bridgehead atoms. The summed E-state index contributed by atoms with van der Waals surface area (Å²) in [7, 11) is 4.21. The fourth-order valence-electron chi connectivity index (χ4n) is 1.33. The van der Waals surface area contributed by atoms with Crippen LogP contribution >= 0.6 is 0 Å². The second-order valence-electron chi connectivity index (χ2n) is 3.66. The van der Waals surface area contributed by atoms with Crippen LogP contribution in [0.1, 0.15) is 5.56 Å². The highest BCUT2D eigenvalue weighted by atomic mass is 15.6. The zero-order valence-electron chi connectivity index (χ0n) is 8.33. The van der Waals surface area contributed by atoms with Crippen LogP contribution in [0, 0.1) is 0 Å². The average molecular weight is 177 g/mol. The third kappa shape index (κ3) is 3.30. The van der Waals surface area contributed by atoms with Crippen LogP contribution in [0.4, 0.5) is 0 Å². The van der Waals surface area contributed by atoms with Crippen LogP contribution in [-0.4, -0.2) is 18.7 Å². The number of quaternary nitrogens is 1. The molecule has 2 nitrogen and oxygen atoms in total. The number of benzene rings is 1. The molecule has 1 aromatic rings. The molecule has 70 valence electrons. The first-order valence-electron chi connectivity index (χ1n) is 4.40. The van der Waals surface area contributed by atoms with Gasteiger partial charge in [-0.05, 0) is 0 Å². The second-order valence-corrected chi connectivity index (χ2v) is 3.66. The topological polar surface area (TPSA) is 12.0 Å². The highest BCUT2D eigenvalue weighted by Crippen LogP contribution is 2.05. The molecular formula is C11H17N2+. The summed E-state index contributed by atoms with van der Waals surface area (Å²) in [5, 5.41) is 0. The van der Waals surface area contributed by atoms with Gasteiger partial charge in [-0.1, -0.05) is 36.9 Å². The highest BCUT2D eigenvalue weighted by Gasteiger charge is 2.12. The van der Waals surface area contributed by atoms with Crippen LogP contribution in [-0.2, 0) is 6.54 Å². The number of rotatable bonds is 4. The van der Waals surface area contributed by atoms with Crippen molar-refractivity contribution in [2.45, 2.75) is 6.54 Å².